The van der Waals surface area contributed by atoms with Gasteiger partial charge in [0.2, 0.25) is 0 Å². The highest BCUT2D eigenvalue weighted by Gasteiger charge is 2.52. The van der Waals surface area contributed by atoms with E-state index in [4.69, 9.17) is 9.47 Å². The normalized spacial score (nSPS) is 17.3. The van der Waals surface area contributed by atoms with Gasteiger partial charge in [0.15, 0.2) is 5.72 Å². The van der Waals surface area contributed by atoms with Crippen molar-refractivity contribution in [3.8, 4) is 0 Å². The average molecular weight is 413 g/mol. The molecule has 5 heteroatoms. The van der Waals surface area contributed by atoms with Crippen molar-refractivity contribution < 1.29 is 19.1 Å². The first-order valence-electron chi connectivity index (χ1n) is 10.1. The Morgan fingerprint density at radius 1 is 0.903 bits per heavy atom. The van der Waals surface area contributed by atoms with E-state index in [9.17, 15) is 9.59 Å². The van der Waals surface area contributed by atoms with Gasteiger partial charge in [0.05, 0.1) is 6.61 Å². The summed E-state index contributed by atoms with van der Waals surface area (Å²) in [5.41, 5.74) is 2.07. The molecule has 1 aliphatic rings. The summed E-state index contributed by atoms with van der Waals surface area (Å²) in [5.74, 6) is -0.618. The lowest BCUT2D eigenvalue weighted by Crippen LogP contribution is -2.47. The van der Waals surface area contributed by atoms with Crippen LogP contribution in [0, 0.1) is 0 Å². The molecule has 0 N–H and O–H groups in total. The maximum absolute atomic E-state index is 13.5. The highest BCUT2D eigenvalue weighted by Crippen LogP contribution is 2.46. The smallest absolute Gasteiger partial charge is 0.330 e. The first kappa shape index (κ1) is 20.6. The Bertz CT molecular complexity index is 1080. The fourth-order valence-electron chi connectivity index (χ4n) is 3.95. The van der Waals surface area contributed by atoms with Gasteiger partial charge in [-0.1, -0.05) is 85.4 Å². The van der Waals surface area contributed by atoms with Crippen molar-refractivity contribution in [2.24, 2.45) is 0 Å². The van der Waals surface area contributed by atoms with Crippen molar-refractivity contribution in [1.82, 2.24) is 4.90 Å². The van der Waals surface area contributed by atoms with Gasteiger partial charge < -0.3 is 9.47 Å². The zero-order valence-electron chi connectivity index (χ0n) is 17.1. The van der Waals surface area contributed by atoms with Gasteiger partial charge in [0.25, 0.3) is 5.91 Å². The van der Waals surface area contributed by atoms with Crippen LogP contribution >= 0.6 is 0 Å². The Balaban J connectivity index is 1.78. The van der Waals surface area contributed by atoms with E-state index < -0.39 is 11.7 Å². The number of carbonyl (C=O) groups excluding carboxylic acids is 2. The third-order valence-corrected chi connectivity index (χ3v) is 5.30. The molecule has 1 aliphatic heterocycles. The highest BCUT2D eigenvalue weighted by molar-refractivity contribution is 6.00. The minimum Gasteiger partial charge on any atom is -0.460 e. The van der Waals surface area contributed by atoms with Crippen LogP contribution in [-0.2, 0) is 26.5 Å². The molecule has 156 valence electrons. The molecule has 1 amide bonds. The topological polar surface area (TPSA) is 55.8 Å². The van der Waals surface area contributed by atoms with Gasteiger partial charge in [0.1, 0.15) is 6.61 Å². The largest absolute Gasteiger partial charge is 0.460 e. The van der Waals surface area contributed by atoms with Gasteiger partial charge in [0, 0.05) is 29.3 Å². The summed E-state index contributed by atoms with van der Waals surface area (Å²) < 4.78 is 11.6. The van der Waals surface area contributed by atoms with Crippen molar-refractivity contribution in [2.75, 3.05) is 13.2 Å². The number of amides is 1. The van der Waals surface area contributed by atoms with Crippen molar-refractivity contribution in [2.45, 2.75) is 12.3 Å². The highest BCUT2D eigenvalue weighted by atomic mass is 16.6. The van der Waals surface area contributed by atoms with Crippen LogP contribution in [0.15, 0.2) is 97.6 Å². The first-order valence-corrected chi connectivity index (χ1v) is 10.1. The zero-order chi connectivity index (χ0) is 21.7. The Labute approximate surface area is 181 Å². The predicted octanol–water partition coefficient (Wildman–Crippen LogP) is 4.29. The minimum absolute atomic E-state index is 0.0506. The molecule has 0 saturated heterocycles. The number of hydrogen-bond donors (Lipinski definition) is 0. The molecular formula is C26H23NO4. The van der Waals surface area contributed by atoms with Gasteiger partial charge in [-0.2, -0.15) is 0 Å². The maximum atomic E-state index is 13.5. The van der Waals surface area contributed by atoms with E-state index in [1.807, 2.05) is 84.9 Å². The predicted molar refractivity (Wildman–Crippen MR) is 117 cm³/mol. The number of rotatable bonds is 8. The summed E-state index contributed by atoms with van der Waals surface area (Å²) in [5, 5.41) is 0. The molecule has 1 heterocycles. The number of esters is 1. The van der Waals surface area contributed by atoms with Crippen molar-refractivity contribution in [1.29, 1.82) is 0 Å². The zero-order valence-corrected chi connectivity index (χ0v) is 17.1. The molecular weight excluding hydrogens is 390 g/mol. The standard InChI is InChI=1S/C26H23NO4/c1-2-24(28)30-17-18-31-26(21-13-7-4-8-14-21)23-16-10-9-15-22(23)25(29)27(26)19-20-11-5-3-6-12-20/h2-16H,1,17-19H2. The first-order chi connectivity index (χ1) is 15.2. The van der Waals surface area contributed by atoms with Crippen LogP contribution in [0.1, 0.15) is 27.0 Å². The third kappa shape index (κ3) is 3.88. The summed E-state index contributed by atoms with van der Waals surface area (Å²) in [4.78, 5) is 26.7. The quantitative estimate of drug-likeness (QED) is 0.314. The molecule has 3 aromatic rings. The lowest BCUT2D eigenvalue weighted by atomic mass is 9.93. The molecule has 3 aromatic carbocycles. The average Bonchev–Trinajstić information content (AvgIpc) is 3.06. The molecule has 4 rings (SSSR count). The van der Waals surface area contributed by atoms with Crippen LogP contribution in [0.5, 0.6) is 0 Å². The number of hydrogen-bond acceptors (Lipinski definition) is 4. The second kappa shape index (κ2) is 8.98. The van der Waals surface area contributed by atoms with E-state index in [1.54, 1.807) is 4.90 Å². The van der Waals surface area contributed by atoms with Crippen LogP contribution in [0.3, 0.4) is 0 Å². The second-order valence-corrected chi connectivity index (χ2v) is 7.15. The Kier molecular flexibility index (Phi) is 5.96. The van der Waals surface area contributed by atoms with E-state index in [0.717, 1.165) is 22.8 Å². The van der Waals surface area contributed by atoms with E-state index in [2.05, 4.69) is 6.58 Å². The number of nitrogens with zero attached hydrogens (tertiary/aromatic N) is 1. The molecule has 0 aliphatic carbocycles. The molecule has 1 atom stereocenters. The van der Waals surface area contributed by atoms with Crippen molar-refractivity contribution in [3.63, 3.8) is 0 Å². The summed E-state index contributed by atoms with van der Waals surface area (Å²) in [6.45, 7) is 3.94. The van der Waals surface area contributed by atoms with E-state index in [1.165, 1.54) is 0 Å². The summed E-state index contributed by atoms with van der Waals surface area (Å²) >= 11 is 0. The maximum Gasteiger partial charge on any atom is 0.330 e. The molecule has 0 aromatic heterocycles. The number of benzene rings is 3. The second-order valence-electron chi connectivity index (χ2n) is 7.15. The van der Waals surface area contributed by atoms with Crippen LogP contribution in [0.25, 0.3) is 0 Å². The van der Waals surface area contributed by atoms with Crippen LogP contribution in [0.2, 0.25) is 0 Å². The Hall–Kier alpha value is -3.70. The van der Waals surface area contributed by atoms with Crippen molar-refractivity contribution >= 4 is 11.9 Å². The molecule has 0 spiro atoms. The molecule has 31 heavy (non-hydrogen) atoms. The lowest BCUT2D eigenvalue weighted by molar-refractivity contribution is -0.148. The number of fused-ring (bicyclic) bond motifs is 1. The molecule has 0 bridgehead atoms. The van der Waals surface area contributed by atoms with E-state index >= 15 is 0 Å². The molecule has 5 nitrogen and oxygen atoms in total. The summed E-state index contributed by atoms with van der Waals surface area (Å²) in [7, 11) is 0. The Morgan fingerprint density at radius 3 is 2.26 bits per heavy atom. The summed E-state index contributed by atoms with van der Waals surface area (Å²) in [6.07, 6.45) is 1.11. The lowest BCUT2D eigenvalue weighted by Gasteiger charge is -2.39. The fraction of sp³-hybridized carbons (Fsp3) is 0.154. The number of carbonyl (C=O) groups is 2. The van der Waals surface area contributed by atoms with Gasteiger partial charge in [-0.15, -0.1) is 0 Å². The minimum atomic E-state index is -1.13. The monoisotopic (exact) mass is 413 g/mol. The SMILES string of the molecule is C=CC(=O)OCCOC1(c2ccccc2)c2ccccc2C(=O)N1Cc1ccccc1. The Morgan fingerprint density at radius 2 is 1.55 bits per heavy atom. The van der Waals surface area contributed by atoms with Gasteiger partial charge in [-0.25, -0.2) is 4.79 Å². The molecule has 0 saturated carbocycles. The fourth-order valence-corrected chi connectivity index (χ4v) is 3.95. The van der Waals surface area contributed by atoms with Crippen molar-refractivity contribution in [3.05, 3.63) is 120 Å². The van der Waals surface area contributed by atoms with E-state index in [0.29, 0.717) is 12.1 Å². The van der Waals surface area contributed by atoms with Crippen LogP contribution in [0.4, 0.5) is 0 Å². The third-order valence-electron chi connectivity index (χ3n) is 5.30. The van der Waals surface area contributed by atoms with Gasteiger partial charge in [-0.3, -0.25) is 9.69 Å². The summed E-state index contributed by atoms with van der Waals surface area (Å²) in [6, 6.07) is 27.0. The van der Waals surface area contributed by atoms with E-state index in [-0.39, 0.29) is 19.1 Å². The van der Waals surface area contributed by atoms with Gasteiger partial charge in [-0.05, 0) is 11.6 Å². The molecule has 0 radical (unpaired) electrons. The molecule has 0 fully saturated rings. The van der Waals surface area contributed by atoms with Gasteiger partial charge >= 0.3 is 5.97 Å². The van der Waals surface area contributed by atoms with Crippen LogP contribution < -0.4 is 0 Å². The van der Waals surface area contributed by atoms with Crippen LogP contribution in [-0.4, -0.2) is 30.0 Å². The number of ether oxygens (including phenoxy) is 2. The molecule has 1 unspecified atom stereocenters.